The Hall–Kier alpha value is -1.73. The van der Waals surface area contributed by atoms with Crippen LogP contribution in [0, 0.1) is 11.8 Å². The molecule has 1 unspecified atom stereocenters. The van der Waals surface area contributed by atoms with Crippen molar-refractivity contribution < 1.29 is 13.9 Å². The molecule has 1 aliphatic heterocycles. The predicted octanol–water partition coefficient (Wildman–Crippen LogP) is 4.04. The van der Waals surface area contributed by atoms with Gasteiger partial charge in [0.05, 0.1) is 6.54 Å². The fourth-order valence-corrected chi connectivity index (χ4v) is 2.30. The maximum Gasteiger partial charge on any atom is 0.410 e. The van der Waals surface area contributed by atoms with Crippen molar-refractivity contribution in [2.24, 2.45) is 0 Å². The molecule has 0 bridgehead atoms. The minimum atomic E-state index is -1.71. The monoisotopic (exact) mass is 323 g/mol. The third-order valence-electron chi connectivity index (χ3n) is 3.13. The Kier molecular flexibility index (Phi) is 4.67. The molecule has 22 heavy (non-hydrogen) atoms. The number of carbonyl (C=O) groups excluding carboxylic acids is 1. The highest BCUT2D eigenvalue weighted by Gasteiger charge is 2.40. The van der Waals surface area contributed by atoms with Crippen molar-refractivity contribution in [3.05, 3.63) is 34.9 Å². The molecule has 1 fully saturated rings. The van der Waals surface area contributed by atoms with E-state index in [0.717, 1.165) is 0 Å². The molecule has 0 radical (unpaired) electrons. The summed E-state index contributed by atoms with van der Waals surface area (Å²) in [6, 6.07) is 6.94. The lowest BCUT2D eigenvalue weighted by Crippen LogP contribution is -2.37. The number of nitrogens with zero attached hydrogens (tertiary/aromatic N) is 1. The van der Waals surface area contributed by atoms with Gasteiger partial charge >= 0.3 is 6.09 Å². The Morgan fingerprint density at radius 1 is 1.45 bits per heavy atom. The van der Waals surface area contributed by atoms with Crippen LogP contribution in [0.1, 0.15) is 32.8 Å². The van der Waals surface area contributed by atoms with E-state index in [9.17, 15) is 9.18 Å². The van der Waals surface area contributed by atoms with Crippen LogP contribution >= 0.6 is 11.6 Å². The summed E-state index contributed by atoms with van der Waals surface area (Å²) >= 11 is 5.87. The molecule has 0 aromatic heterocycles. The van der Waals surface area contributed by atoms with Crippen LogP contribution in [-0.2, 0) is 4.74 Å². The molecule has 1 aromatic carbocycles. The molecule has 1 saturated heterocycles. The van der Waals surface area contributed by atoms with Gasteiger partial charge < -0.3 is 9.64 Å². The smallest absolute Gasteiger partial charge is 0.410 e. The van der Waals surface area contributed by atoms with Crippen LogP contribution in [0.2, 0.25) is 5.02 Å². The molecule has 5 heteroatoms. The van der Waals surface area contributed by atoms with E-state index in [1.165, 1.54) is 4.90 Å². The average molecular weight is 324 g/mol. The molecule has 3 nitrogen and oxygen atoms in total. The van der Waals surface area contributed by atoms with Gasteiger partial charge in [-0.05, 0) is 39.0 Å². The first-order valence-corrected chi connectivity index (χ1v) is 7.50. The van der Waals surface area contributed by atoms with Gasteiger partial charge in [-0.1, -0.05) is 29.5 Å². The van der Waals surface area contributed by atoms with Gasteiger partial charge in [-0.15, -0.1) is 0 Å². The van der Waals surface area contributed by atoms with Gasteiger partial charge in [0.2, 0.25) is 0 Å². The summed E-state index contributed by atoms with van der Waals surface area (Å²) in [6.07, 6.45) is -0.323. The molecule has 2 rings (SSSR count). The van der Waals surface area contributed by atoms with Crippen molar-refractivity contribution in [3.63, 3.8) is 0 Å². The van der Waals surface area contributed by atoms with Crippen LogP contribution in [0.3, 0.4) is 0 Å². The molecule has 1 atom stereocenters. The van der Waals surface area contributed by atoms with Crippen molar-refractivity contribution in [2.45, 2.75) is 38.5 Å². The van der Waals surface area contributed by atoms with Gasteiger partial charge in [0.1, 0.15) is 5.60 Å². The summed E-state index contributed by atoms with van der Waals surface area (Å²) in [7, 11) is 0. The van der Waals surface area contributed by atoms with E-state index in [2.05, 4.69) is 11.8 Å². The van der Waals surface area contributed by atoms with Gasteiger partial charge in [0.15, 0.2) is 5.67 Å². The van der Waals surface area contributed by atoms with E-state index in [0.29, 0.717) is 17.1 Å². The summed E-state index contributed by atoms with van der Waals surface area (Å²) in [6.45, 7) is 5.57. The highest BCUT2D eigenvalue weighted by molar-refractivity contribution is 6.30. The van der Waals surface area contributed by atoms with Gasteiger partial charge in [-0.3, -0.25) is 0 Å². The van der Waals surface area contributed by atoms with Crippen LogP contribution in [-0.4, -0.2) is 35.4 Å². The second-order valence-electron chi connectivity index (χ2n) is 6.38. The van der Waals surface area contributed by atoms with E-state index in [-0.39, 0.29) is 13.0 Å². The van der Waals surface area contributed by atoms with E-state index in [4.69, 9.17) is 16.3 Å². The molecule has 0 N–H and O–H groups in total. The summed E-state index contributed by atoms with van der Waals surface area (Å²) < 4.78 is 19.9. The van der Waals surface area contributed by atoms with Crippen LogP contribution in [0.15, 0.2) is 24.3 Å². The van der Waals surface area contributed by atoms with Crippen LogP contribution in [0.25, 0.3) is 0 Å². The third kappa shape index (κ3) is 4.64. The number of hydrogen-bond acceptors (Lipinski definition) is 2. The SMILES string of the molecule is CC(C)(C)OC(=O)N1CCC(F)(C#Cc2cccc(Cl)c2)C1. The van der Waals surface area contributed by atoms with Crippen molar-refractivity contribution in [3.8, 4) is 11.8 Å². The minimum absolute atomic E-state index is 0.0739. The van der Waals surface area contributed by atoms with Crippen LogP contribution in [0.4, 0.5) is 9.18 Å². The normalized spacial score (nSPS) is 21.2. The van der Waals surface area contributed by atoms with Crippen LogP contribution in [0.5, 0.6) is 0 Å². The molecule has 1 aromatic rings. The minimum Gasteiger partial charge on any atom is -0.444 e. The Balaban J connectivity index is 2.04. The Morgan fingerprint density at radius 3 is 2.82 bits per heavy atom. The van der Waals surface area contributed by atoms with Crippen molar-refractivity contribution in [1.29, 1.82) is 0 Å². The Morgan fingerprint density at radius 2 is 2.18 bits per heavy atom. The lowest BCUT2D eigenvalue weighted by molar-refractivity contribution is 0.0274. The number of rotatable bonds is 0. The van der Waals surface area contributed by atoms with Gasteiger partial charge in [0.25, 0.3) is 0 Å². The topological polar surface area (TPSA) is 29.5 Å². The van der Waals surface area contributed by atoms with Crippen molar-refractivity contribution in [2.75, 3.05) is 13.1 Å². The van der Waals surface area contributed by atoms with Crippen molar-refractivity contribution in [1.82, 2.24) is 4.90 Å². The zero-order chi connectivity index (χ0) is 16.4. The summed E-state index contributed by atoms with van der Waals surface area (Å²) in [5.74, 6) is 5.41. The molecule has 0 saturated carbocycles. The number of hydrogen-bond donors (Lipinski definition) is 0. The molecular weight excluding hydrogens is 305 g/mol. The zero-order valence-corrected chi connectivity index (χ0v) is 13.7. The number of benzene rings is 1. The molecule has 1 amide bonds. The summed E-state index contributed by atoms with van der Waals surface area (Å²) in [5, 5.41) is 0.557. The fraction of sp³-hybridized carbons (Fsp3) is 0.471. The molecule has 0 aliphatic carbocycles. The number of alkyl halides is 1. The lowest BCUT2D eigenvalue weighted by atomic mass is 10.1. The number of amides is 1. The molecule has 118 valence electrons. The first kappa shape index (κ1) is 16.6. The van der Waals surface area contributed by atoms with E-state index in [1.54, 1.807) is 45.0 Å². The Bertz CT molecular complexity index is 630. The summed E-state index contributed by atoms with van der Waals surface area (Å²) in [4.78, 5) is 13.3. The number of halogens is 2. The molecular formula is C17H19ClFNO2. The standard InChI is InChI=1S/C17H19ClFNO2/c1-16(2,3)22-15(21)20-10-9-17(19,12-20)8-7-13-5-4-6-14(18)11-13/h4-6,11H,9-10,12H2,1-3H3. The second-order valence-corrected chi connectivity index (χ2v) is 6.81. The van der Waals surface area contributed by atoms with Gasteiger partial charge in [-0.2, -0.15) is 0 Å². The zero-order valence-electron chi connectivity index (χ0n) is 13.0. The average Bonchev–Trinajstić information content (AvgIpc) is 2.78. The number of ether oxygens (including phenoxy) is 1. The quantitative estimate of drug-likeness (QED) is 0.674. The predicted molar refractivity (Wildman–Crippen MR) is 84.6 cm³/mol. The highest BCUT2D eigenvalue weighted by atomic mass is 35.5. The summed E-state index contributed by atoms with van der Waals surface area (Å²) in [5.41, 5.74) is -1.65. The van der Waals surface area contributed by atoms with Gasteiger partial charge in [-0.25, -0.2) is 9.18 Å². The fourth-order valence-electron chi connectivity index (χ4n) is 2.11. The number of carbonyl (C=O) groups is 1. The van der Waals surface area contributed by atoms with Gasteiger partial charge in [0, 0.05) is 23.6 Å². The highest BCUT2D eigenvalue weighted by Crippen LogP contribution is 2.26. The maximum atomic E-state index is 14.7. The first-order chi connectivity index (χ1) is 10.2. The molecule has 0 spiro atoms. The van der Waals surface area contributed by atoms with E-state index >= 15 is 0 Å². The van der Waals surface area contributed by atoms with Crippen LogP contribution < -0.4 is 0 Å². The molecule has 1 heterocycles. The lowest BCUT2D eigenvalue weighted by Gasteiger charge is -2.24. The van der Waals surface area contributed by atoms with E-state index in [1.807, 2.05) is 0 Å². The van der Waals surface area contributed by atoms with Crippen molar-refractivity contribution >= 4 is 17.7 Å². The number of likely N-dealkylation sites (tertiary alicyclic amines) is 1. The largest absolute Gasteiger partial charge is 0.444 e. The third-order valence-corrected chi connectivity index (χ3v) is 3.36. The van der Waals surface area contributed by atoms with E-state index < -0.39 is 17.4 Å². The first-order valence-electron chi connectivity index (χ1n) is 7.12. The Labute approximate surface area is 135 Å². The molecule has 1 aliphatic rings. The maximum absolute atomic E-state index is 14.7. The second kappa shape index (κ2) is 6.18.